The molecule has 1 aliphatic rings. The van der Waals surface area contributed by atoms with Crippen molar-refractivity contribution in [3.05, 3.63) is 58.4 Å². The minimum Gasteiger partial charge on any atom is -0.336 e. The fourth-order valence-electron chi connectivity index (χ4n) is 3.44. The molecule has 0 unspecified atom stereocenters. The lowest BCUT2D eigenvalue weighted by atomic mass is 10.0. The molecule has 0 atom stereocenters. The molecule has 0 bridgehead atoms. The molecule has 1 N–H and O–H groups in total. The van der Waals surface area contributed by atoms with E-state index in [9.17, 15) is 9.59 Å². The summed E-state index contributed by atoms with van der Waals surface area (Å²) in [7, 11) is 2.05. The number of carbonyl (C=O) groups excluding carboxylic acids is 2. The fourth-order valence-corrected chi connectivity index (χ4v) is 3.44. The van der Waals surface area contributed by atoms with Crippen LogP contribution in [-0.2, 0) is 0 Å². The number of hydrogen-bond acceptors (Lipinski definition) is 4. The summed E-state index contributed by atoms with van der Waals surface area (Å²) in [6, 6.07) is 5.70. The van der Waals surface area contributed by atoms with Crippen molar-refractivity contribution >= 4 is 17.5 Å². The number of benzene rings is 1. The molecule has 2 aromatic rings. The SMILES string of the molecule is Cc1cc(C)c(NC(=O)c2cncc(C(=O)N3CCN(C)CC3)c2)c(C)c1. The molecule has 0 saturated carbocycles. The van der Waals surface area contributed by atoms with Crippen molar-refractivity contribution in [2.24, 2.45) is 0 Å². The Morgan fingerprint density at radius 1 is 0.926 bits per heavy atom. The first-order chi connectivity index (χ1) is 12.8. The molecule has 0 aliphatic carbocycles. The zero-order valence-electron chi connectivity index (χ0n) is 16.4. The minimum atomic E-state index is -0.259. The van der Waals surface area contributed by atoms with Crippen LogP contribution in [0.3, 0.4) is 0 Å². The first-order valence-corrected chi connectivity index (χ1v) is 9.17. The highest BCUT2D eigenvalue weighted by atomic mass is 16.2. The fraction of sp³-hybridized carbons (Fsp3) is 0.381. The smallest absolute Gasteiger partial charge is 0.257 e. The van der Waals surface area contributed by atoms with Gasteiger partial charge >= 0.3 is 0 Å². The predicted molar refractivity (Wildman–Crippen MR) is 106 cm³/mol. The maximum Gasteiger partial charge on any atom is 0.257 e. The number of nitrogens with zero attached hydrogens (tertiary/aromatic N) is 3. The molecule has 3 rings (SSSR count). The van der Waals surface area contributed by atoms with Crippen LogP contribution in [0.25, 0.3) is 0 Å². The largest absolute Gasteiger partial charge is 0.336 e. The summed E-state index contributed by atoms with van der Waals surface area (Å²) in [4.78, 5) is 33.6. The van der Waals surface area contributed by atoms with Crippen LogP contribution >= 0.6 is 0 Å². The van der Waals surface area contributed by atoms with E-state index in [4.69, 9.17) is 0 Å². The Morgan fingerprint density at radius 2 is 1.52 bits per heavy atom. The van der Waals surface area contributed by atoms with Gasteiger partial charge in [-0.3, -0.25) is 14.6 Å². The van der Waals surface area contributed by atoms with E-state index in [2.05, 4.69) is 15.2 Å². The molecule has 0 radical (unpaired) electrons. The molecule has 1 fully saturated rings. The molecule has 27 heavy (non-hydrogen) atoms. The number of anilines is 1. The van der Waals surface area contributed by atoms with Gasteiger partial charge in [-0.15, -0.1) is 0 Å². The lowest BCUT2D eigenvalue weighted by Gasteiger charge is -2.32. The van der Waals surface area contributed by atoms with E-state index >= 15 is 0 Å². The summed E-state index contributed by atoms with van der Waals surface area (Å²) in [5, 5.41) is 2.96. The maximum absolute atomic E-state index is 12.7. The van der Waals surface area contributed by atoms with E-state index in [1.165, 1.54) is 12.4 Å². The van der Waals surface area contributed by atoms with Gasteiger partial charge in [-0.1, -0.05) is 17.7 Å². The second-order valence-electron chi connectivity index (χ2n) is 7.29. The number of pyridine rings is 1. The number of aryl methyl sites for hydroxylation is 3. The van der Waals surface area contributed by atoms with Gasteiger partial charge in [-0.2, -0.15) is 0 Å². The van der Waals surface area contributed by atoms with Crippen LogP contribution in [0.15, 0.2) is 30.6 Å². The van der Waals surface area contributed by atoms with E-state index < -0.39 is 0 Å². The van der Waals surface area contributed by atoms with Crippen LogP contribution in [-0.4, -0.2) is 59.8 Å². The molecule has 6 heteroatoms. The Morgan fingerprint density at radius 3 is 2.15 bits per heavy atom. The van der Waals surface area contributed by atoms with Gasteiger partial charge in [-0.05, 0) is 45.0 Å². The van der Waals surface area contributed by atoms with Crippen LogP contribution in [0.4, 0.5) is 5.69 Å². The number of piperazine rings is 1. The highest BCUT2D eigenvalue weighted by Gasteiger charge is 2.21. The summed E-state index contributed by atoms with van der Waals surface area (Å²) in [5.41, 5.74) is 4.82. The van der Waals surface area contributed by atoms with Crippen LogP contribution in [0.2, 0.25) is 0 Å². The van der Waals surface area contributed by atoms with Gasteiger partial charge in [0, 0.05) is 44.3 Å². The summed E-state index contributed by atoms with van der Waals surface area (Å²) in [6.45, 7) is 9.06. The Bertz CT molecular complexity index is 847. The molecule has 6 nitrogen and oxygen atoms in total. The lowest BCUT2D eigenvalue weighted by molar-refractivity contribution is 0.0663. The molecule has 1 aliphatic heterocycles. The monoisotopic (exact) mass is 366 g/mol. The second-order valence-corrected chi connectivity index (χ2v) is 7.29. The van der Waals surface area contributed by atoms with Crippen molar-refractivity contribution in [2.45, 2.75) is 20.8 Å². The summed E-state index contributed by atoms with van der Waals surface area (Å²) < 4.78 is 0. The summed E-state index contributed by atoms with van der Waals surface area (Å²) >= 11 is 0. The molecule has 2 amide bonds. The first kappa shape index (κ1) is 19.0. The molecule has 1 saturated heterocycles. The van der Waals surface area contributed by atoms with Crippen molar-refractivity contribution in [1.82, 2.24) is 14.8 Å². The van der Waals surface area contributed by atoms with Crippen molar-refractivity contribution in [2.75, 3.05) is 38.5 Å². The van der Waals surface area contributed by atoms with Gasteiger partial charge in [0.2, 0.25) is 0 Å². The predicted octanol–water partition coefficient (Wildman–Crippen LogP) is 2.65. The maximum atomic E-state index is 12.7. The number of amides is 2. The Labute approximate surface area is 160 Å². The van der Waals surface area contributed by atoms with Crippen LogP contribution in [0.5, 0.6) is 0 Å². The van der Waals surface area contributed by atoms with Crippen LogP contribution in [0, 0.1) is 20.8 Å². The van der Waals surface area contributed by atoms with Gasteiger partial charge in [0.05, 0.1) is 11.1 Å². The highest BCUT2D eigenvalue weighted by molar-refractivity contribution is 6.06. The molecule has 0 spiro atoms. The average Bonchev–Trinajstić information content (AvgIpc) is 2.64. The highest BCUT2D eigenvalue weighted by Crippen LogP contribution is 2.22. The molecular formula is C21H26N4O2. The zero-order chi connectivity index (χ0) is 19.6. The van der Waals surface area contributed by atoms with Crippen molar-refractivity contribution < 1.29 is 9.59 Å². The third-order valence-corrected chi connectivity index (χ3v) is 4.95. The Hall–Kier alpha value is -2.73. The van der Waals surface area contributed by atoms with Gasteiger partial charge in [0.1, 0.15) is 0 Å². The topological polar surface area (TPSA) is 65.5 Å². The third kappa shape index (κ3) is 4.34. The molecule has 1 aromatic heterocycles. The third-order valence-electron chi connectivity index (χ3n) is 4.95. The van der Waals surface area contributed by atoms with Crippen molar-refractivity contribution in [3.8, 4) is 0 Å². The van der Waals surface area contributed by atoms with E-state index in [1.807, 2.05) is 44.9 Å². The van der Waals surface area contributed by atoms with Gasteiger partial charge in [0.25, 0.3) is 11.8 Å². The van der Waals surface area contributed by atoms with Gasteiger partial charge in [0.15, 0.2) is 0 Å². The lowest BCUT2D eigenvalue weighted by Crippen LogP contribution is -2.47. The standard InChI is InChI=1S/C21H26N4O2/c1-14-9-15(2)19(16(3)10-14)23-20(26)17-11-18(13-22-12-17)21(27)25-7-5-24(4)6-8-25/h9-13H,5-8H2,1-4H3,(H,23,26). The van der Waals surface area contributed by atoms with Crippen LogP contribution < -0.4 is 5.32 Å². The summed E-state index contributed by atoms with van der Waals surface area (Å²) in [5.74, 6) is -0.335. The molecule has 142 valence electrons. The number of hydrogen-bond donors (Lipinski definition) is 1. The number of carbonyl (C=O) groups is 2. The molecular weight excluding hydrogens is 340 g/mol. The van der Waals surface area contributed by atoms with Crippen LogP contribution in [0.1, 0.15) is 37.4 Å². The average molecular weight is 366 g/mol. The Kier molecular flexibility index (Phi) is 5.56. The van der Waals surface area contributed by atoms with Gasteiger partial charge in [-0.25, -0.2) is 0 Å². The van der Waals surface area contributed by atoms with Crippen molar-refractivity contribution in [3.63, 3.8) is 0 Å². The van der Waals surface area contributed by atoms with E-state index in [1.54, 1.807) is 6.07 Å². The normalized spacial score (nSPS) is 14.9. The minimum absolute atomic E-state index is 0.0760. The molecule has 2 heterocycles. The van der Waals surface area contributed by atoms with E-state index in [-0.39, 0.29) is 11.8 Å². The second kappa shape index (κ2) is 7.88. The van der Waals surface area contributed by atoms with Crippen molar-refractivity contribution in [1.29, 1.82) is 0 Å². The number of aromatic nitrogens is 1. The van der Waals surface area contributed by atoms with E-state index in [0.29, 0.717) is 24.2 Å². The Balaban J connectivity index is 1.77. The molecule has 1 aromatic carbocycles. The number of rotatable bonds is 3. The quantitative estimate of drug-likeness (QED) is 0.907. The number of nitrogens with one attached hydrogen (secondary N) is 1. The van der Waals surface area contributed by atoms with E-state index in [0.717, 1.165) is 35.5 Å². The summed E-state index contributed by atoms with van der Waals surface area (Å²) in [6.07, 6.45) is 3.02. The zero-order valence-corrected chi connectivity index (χ0v) is 16.4. The first-order valence-electron chi connectivity index (χ1n) is 9.17. The van der Waals surface area contributed by atoms with Gasteiger partial charge < -0.3 is 15.1 Å². The number of likely N-dealkylation sites (N-methyl/N-ethyl adjacent to an activating group) is 1.